The molecule has 1 aromatic carbocycles. The summed E-state index contributed by atoms with van der Waals surface area (Å²) in [5, 5.41) is 20.9. The molecule has 1 aromatic heterocycles. The zero-order valence-corrected chi connectivity index (χ0v) is 9.20. The van der Waals surface area contributed by atoms with E-state index < -0.39 is 0 Å². The molecule has 0 amide bonds. The van der Waals surface area contributed by atoms with Crippen LogP contribution in [0.5, 0.6) is 5.75 Å². The van der Waals surface area contributed by atoms with Crippen LogP contribution in [0.4, 0.5) is 5.95 Å². The first-order valence-corrected chi connectivity index (χ1v) is 4.92. The van der Waals surface area contributed by atoms with Gasteiger partial charge in [0.2, 0.25) is 0 Å². The van der Waals surface area contributed by atoms with Gasteiger partial charge in [0.05, 0.1) is 6.21 Å². The first-order valence-electron chi connectivity index (χ1n) is 4.92. The predicted molar refractivity (Wildman–Crippen MR) is 64.2 cm³/mol. The minimum Gasteiger partial charge on any atom is -0.507 e. The second kappa shape index (κ2) is 4.52. The Kier molecular flexibility index (Phi) is 2.91. The van der Waals surface area contributed by atoms with Crippen molar-refractivity contribution in [3.05, 3.63) is 35.7 Å². The summed E-state index contributed by atoms with van der Waals surface area (Å²) in [7, 11) is 0. The zero-order chi connectivity index (χ0) is 12.3. The smallest absolute Gasteiger partial charge is 0.263 e. The Hall–Kier alpha value is -2.57. The molecule has 0 aliphatic carbocycles. The van der Waals surface area contributed by atoms with Gasteiger partial charge in [0, 0.05) is 5.56 Å². The Morgan fingerprint density at radius 1 is 1.41 bits per heavy atom. The van der Waals surface area contributed by atoms with Gasteiger partial charge in [-0.15, -0.1) is 10.2 Å². The molecule has 0 bridgehead atoms. The van der Waals surface area contributed by atoms with Gasteiger partial charge in [-0.05, 0) is 19.1 Å². The summed E-state index contributed by atoms with van der Waals surface area (Å²) in [6, 6.07) is 6.85. The Bertz CT molecular complexity index is 547. The van der Waals surface area contributed by atoms with Crippen LogP contribution in [0.1, 0.15) is 11.4 Å². The lowest BCUT2D eigenvalue weighted by Crippen LogP contribution is -2.13. The number of nitrogens with two attached hydrogens (primary N) is 1. The number of rotatable bonds is 3. The average Bonchev–Trinajstić information content (AvgIpc) is 2.63. The molecule has 0 saturated heterocycles. The number of aryl methyl sites for hydroxylation is 1. The third-order valence-corrected chi connectivity index (χ3v) is 2.17. The highest BCUT2D eigenvalue weighted by molar-refractivity contribution is 5.83. The number of nitrogens with zero attached hydrogens (tertiary/aromatic N) is 4. The number of nitrogen functional groups attached to an aromatic ring is 1. The fourth-order valence-electron chi connectivity index (χ4n) is 1.20. The van der Waals surface area contributed by atoms with E-state index in [0.29, 0.717) is 17.3 Å². The SMILES string of the molecule is Cc1nnc(N/N=C\c2ccccc2O)n1N. The van der Waals surface area contributed by atoms with Crippen LogP contribution in [0, 0.1) is 6.92 Å². The predicted octanol–water partition coefficient (Wildman–Crippen LogP) is 0.452. The lowest BCUT2D eigenvalue weighted by Gasteiger charge is -2.00. The second-order valence-corrected chi connectivity index (χ2v) is 3.37. The quantitative estimate of drug-likeness (QED) is 0.405. The van der Waals surface area contributed by atoms with Crippen LogP contribution in [-0.2, 0) is 0 Å². The number of benzene rings is 1. The number of anilines is 1. The molecule has 0 spiro atoms. The number of nitrogens with one attached hydrogen (secondary N) is 1. The molecule has 2 rings (SSSR count). The fraction of sp³-hybridized carbons (Fsp3) is 0.100. The van der Waals surface area contributed by atoms with Crippen LogP contribution < -0.4 is 11.3 Å². The molecule has 7 nitrogen and oxygen atoms in total. The maximum atomic E-state index is 9.49. The molecular weight excluding hydrogens is 220 g/mol. The van der Waals surface area contributed by atoms with E-state index in [1.807, 2.05) is 0 Å². The molecular formula is C10H12N6O. The summed E-state index contributed by atoms with van der Waals surface area (Å²) < 4.78 is 1.28. The molecule has 0 saturated carbocycles. The number of hydrazone groups is 1. The van der Waals surface area contributed by atoms with Gasteiger partial charge in [-0.2, -0.15) is 5.10 Å². The maximum absolute atomic E-state index is 9.49. The van der Waals surface area contributed by atoms with Crippen LogP contribution in [0.2, 0.25) is 0 Å². The van der Waals surface area contributed by atoms with Crippen molar-refractivity contribution in [1.82, 2.24) is 14.9 Å². The van der Waals surface area contributed by atoms with Gasteiger partial charge in [-0.25, -0.2) is 10.1 Å². The van der Waals surface area contributed by atoms with E-state index in [2.05, 4.69) is 20.7 Å². The lowest BCUT2D eigenvalue weighted by atomic mass is 10.2. The van der Waals surface area contributed by atoms with Crippen LogP contribution >= 0.6 is 0 Å². The Labute approximate surface area is 97.6 Å². The van der Waals surface area contributed by atoms with Gasteiger partial charge in [-0.3, -0.25) is 0 Å². The Balaban J connectivity index is 2.08. The first-order chi connectivity index (χ1) is 8.18. The summed E-state index contributed by atoms with van der Waals surface area (Å²) in [5.74, 6) is 6.68. The van der Waals surface area contributed by atoms with Crippen molar-refractivity contribution >= 4 is 12.2 Å². The third-order valence-electron chi connectivity index (χ3n) is 2.17. The molecule has 7 heteroatoms. The van der Waals surface area contributed by atoms with Crippen molar-refractivity contribution in [1.29, 1.82) is 0 Å². The average molecular weight is 232 g/mol. The van der Waals surface area contributed by atoms with Crippen molar-refractivity contribution < 1.29 is 5.11 Å². The van der Waals surface area contributed by atoms with Gasteiger partial charge >= 0.3 is 0 Å². The van der Waals surface area contributed by atoms with Gasteiger partial charge in [0.15, 0.2) is 5.82 Å². The maximum Gasteiger partial charge on any atom is 0.263 e. The molecule has 0 unspecified atom stereocenters. The van der Waals surface area contributed by atoms with Gasteiger partial charge < -0.3 is 10.9 Å². The molecule has 0 radical (unpaired) electrons. The summed E-state index contributed by atoms with van der Waals surface area (Å²) in [4.78, 5) is 0. The third kappa shape index (κ3) is 2.33. The van der Waals surface area contributed by atoms with Crippen molar-refractivity contribution in [2.24, 2.45) is 5.10 Å². The molecule has 2 aromatic rings. The molecule has 88 valence electrons. The monoisotopic (exact) mass is 232 g/mol. The number of phenolic OH excluding ortho intramolecular Hbond substituents is 1. The molecule has 4 N–H and O–H groups in total. The van der Waals surface area contributed by atoms with Crippen molar-refractivity contribution in [2.45, 2.75) is 6.92 Å². The van der Waals surface area contributed by atoms with E-state index in [4.69, 9.17) is 5.84 Å². The highest BCUT2D eigenvalue weighted by Gasteiger charge is 2.03. The standard InChI is InChI=1S/C10H12N6O/c1-7-13-15-10(16(7)11)14-12-6-8-4-2-3-5-9(8)17/h2-6,17H,11H2,1H3,(H,14,15)/b12-6-. The summed E-state index contributed by atoms with van der Waals surface area (Å²) in [6.45, 7) is 1.73. The molecule has 0 fully saturated rings. The second-order valence-electron chi connectivity index (χ2n) is 3.37. The zero-order valence-electron chi connectivity index (χ0n) is 9.20. The van der Waals surface area contributed by atoms with Crippen molar-refractivity contribution in [3.8, 4) is 5.75 Å². The van der Waals surface area contributed by atoms with E-state index in [1.54, 1.807) is 31.2 Å². The van der Waals surface area contributed by atoms with Crippen LogP contribution in [-0.4, -0.2) is 26.2 Å². The van der Waals surface area contributed by atoms with E-state index >= 15 is 0 Å². The lowest BCUT2D eigenvalue weighted by molar-refractivity contribution is 0.474. The van der Waals surface area contributed by atoms with Crippen LogP contribution in [0.25, 0.3) is 0 Å². The molecule has 0 atom stereocenters. The van der Waals surface area contributed by atoms with Crippen molar-refractivity contribution in [3.63, 3.8) is 0 Å². The van der Waals surface area contributed by atoms with Gasteiger partial charge in [0.25, 0.3) is 5.95 Å². The summed E-state index contributed by atoms with van der Waals surface area (Å²) in [6.07, 6.45) is 1.47. The Morgan fingerprint density at radius 2 is 2.18 bits per heavy atom. The fourth-order valence-corrected chi connectivity index (χ4v) is 1.20. The molecule has 0 aliphatic heterocycles. The summed E-state index contributed by atoms with van der Waals surface area (Å²) >= 11 is 0. The largest absolute Gasteiger partial charge is 0.507 e. The minimum absolute atomic E-state index is 0.156. The number of phenols is 1. The van der Waals surface area contributed by atoms with Crippen molar-refractivity contribution in [2.75, 3.05) is 11.3 Å². The Morgan fingerprint density at radius 3 is 2.82 bits per heavy atom. The molecule has 17 heavy (non-hydrogen) atoms. The van der Waals surface area contributed by atoms with E-state index in [1.165, 1.54) is 10.9 Å². The number of hydrogen-bond acceptors (Lipinski definition) is 6. The van der Waals surface area contributed by atoms with Crippen LogP contribution in [0.3, 0.4) is 0 Å². The first kappa shape index (κ1) is 10.9. The number of aromatic nitrogens is 3. The normalized spacial score (nSPS) is 10.9. The summed E-state index contributed by atoms with van der Waals surface area (Å²) in [5.41, 5.74) is 3.23. The van der Waals surface area contributed by atoms with Gasteiger partial charge in [-0.1, -0.05) is 12.1 Å². The number of para-hydroxylation sites is 1. The number of aromatic hydroxyl groups is 1. The van der Waals surface area contributed by atoms with Gasteiger partial charge in [0.1, 0.15) is 5.75 Å². The van der Waals surface area contributed by atoms with E-state index in [9.17, 15) is 5.11 Å². The topological polar surface area (TPSA) is 101 Å². The van der Waals surface area contributed by atoms with E-state index in [0.717, 1.165) is 0 Å². The van der Waals surface area contributed by atoms with Crippen LogP contribution in [0.15, 0.2) is 29.4 Å². The highest BCUT2D eigenvalue weighted by Crippen LogP contribution is 2.12. The number of hydrogen-bond donors (Lipinski definition) is 3. The van der Waals surface area contributed by atoms with E-state index in [-0.39, 0.29) is 5.75 Å². The molecule has 0 aliphatic rings. The highest BCUT2D eigenvalue weighted by atomic mass is 16.3. The minimum atomic E-state index is 0.156. The molecule has 1 heterocycles.